The number of rotatable bonds is 7. The lowest BCUT2D eigenvalue weighted by molar-refractivity contribution is 0.177. The lowest BCUT2D eigenvalue weighted by atomic mass is 9.97. The highest BCUT2D eigenvalue weighted by Gasteiger charge is 2.22. The summed E-state index contributed by atoms with van der Waals surface area (Å²) in [5, 5.41) is 11.5. The quantitative estimate of drug-likeness (QED) is 0.267. The second kappa shape index (κ2) is 11.6. The number of nitrogens with one attached hydrogen (secondary N) is 2. The van der Waals surface area contributed by atoms with Crippen molar-refractivity contribution in [3.63, 3.8) is 0 Å². The summed E-state index contributed by atoms with van der Waals surface area (Å²) in [7, 11) is 1.67. The van der Waals surface area contributed by atoms with E-state index in [-0.39, 0.29) is 24.0 Å². The van der Waals surface area contributed by atoms with Gasteiger partial charge in [0.25, 0.3) is 0 Å². The van der Waals surface area contributed by atoms with Gasteiger partial charge < -0.3 is 15.4 Å². The van der Waals surface area contributed by atoms with Gasteiger partial charge in [-0.05, 0) is 45.4 Å². The minimum absolute atomic E-state index is 0. The molecule has 0 bridgehead atoms. The Kier molecular flexibility index (Phi) is 9.53. The molecule has 0 aromatic carbocycles. The third kappa shape index (κ3) is 6.74. The van der Waals surface area contributed by atoms with Gasteiger partial charge >= 0.3 is 0 Å². The summed E-state index contributed by atoms with van der Waals surface area (Å²) in [6, 6.07) is 0.325. The van der Waals surface area contributed by atoms with Crippen molar-refractivity contribution in [3.05, 3.63) is 23.3 Å². The third-order valence-electron chi connectivity index (χ3n) is 4.95. The van der Waals surface area contributed by atoms with Gasteiger partial charge in [0.2, 0.25) is 0 Å². The summed E-state index contributed by atoms with van der Waals surface area (Å²) in [6.07, 6.45) is 10.6. The van der Waals surface area contributed by atoms with Gasteiger partial charge in [0.1, 0.15) is 12.4 Å². The van der Waals surface area contributed by atoms with E-state index in [4.69, 9.17) is 9.73 Å². The smallest absolute Gasteiger partial charge is 0.191 e. The fraction of sp³-hybridized carbons (Fsp3) is 0.737. The molecule has 0 saturated carbocycles. The molecule has 0 spiro atoms. The number of nitrogens with zero attached hydrogens (tertiary/aromatic N) is 4. The van der Waals surface area contributed by atoms with Crippen molar-refractivity contribution in [1.82, 2.24) is 25.4 Å². The molecule has 152 valence electrons. The Bertz CT molecular complexity index is 642. The first kappa shape index (κ1) is 22.1. The molecule has 0 radical (unpaired) electrons. The molecule has 2 heterocycles. The molecule has 2 N–H and O–H groups in total. The van der Waals surface area contributed by atoms with Gasteiger partial charge in [-0.15, -0.1) is 24.0 Å². The highest BCUT2D eigenvalue weighted by Crippen LogP contribution is 2.19. The Morgan fingerprint density at radius 3 is 3.00 bits per heavy atom. The van der Waals surface area contributed by atoms with Gasteiger partial charge in [-0.3, -0.25) is 4.99 Å². The van der Waals surface area contributed by atoms with Crippen molar-refractivity contribution >= 4 is 29.9 Å². The van der Waals surface area contributed by atoms with Gasteiger partial charge in [0.05, 0.1) is 6.54 Å². The molecule has 1 aromatic rings. The SMILES string of the molecule is CCNC(=NCCC1=CCCCC1)NC1CCc2nc(COC)nn2C1.I. The predicted octanol–water partition coefficient (Wildman–Crippen LogP) is 2.80. The first-order chi connectivity index (χ1) is 12.8. The number of allylic oxidation sites excluding steroid dienone is 1. The topological polar surface area (TPSA) is 76.4 Å². The molecule has 27 heavy (non-hydrogen) atoms. The van der Waals surface area contributed by atoms with E-state index in [1.54, 1.807) is 12.7 Å². The maximum atomic E-state index is 5.14. The maximum absolute atomic E-state index is 5.14. The van der Waals surface area contributed by atoms with E-state index in [1.807, 2.05) is 4.68 Å². The molecule has 1 aliphatic carbocycles. The van der Waals surface area contributed by atoms with E-state index >= 15 is 0 Å². The first-order valence-corrected chi connectivity index (χ1v) is 9.92. The molecule has 1 atom stereocenters. The van der Waals surface area contributed by atoms with Crippen LogP contribution in [0.3, 0.4) is 0 Å². The molecule has 1 unspecified atom stereocenters. The minimum Gasteiger partial charge on any atom is -0.377 e. The van der Waals surface area contributed by atoms with Gasteiger partial charge in [-0.25, -0.2) is 9.67 Å². The van der Waals surface area contributed by atoms with Crippen LogP contribution >= 0.6 is 24.0 Å². The number of ether oxygens (including phenoxy) is 1. The Labute approximate surface area is 179 Å². The van der Waals surface area contributed by atoms with Gasteiger partial charge in [0.15, 0.2) is 11.8 Å². The molecular formula is C19H33IN6O. The van der Waals surface area contributed by atoms with Crippen LogP contribution in [0.2, 0.25) is 0 Å². The first-order valence-electron chi connectivity index (χ1n) is 9.92. The summed E-state index contributed by atoms with van der Waals surface area (Å²) in [5.41, 5.74) is 1.58. The number of aryl methyl sites for hydroxylation is 1. The zero-order chi connectivity index (χ0) is 18.2. The number of guanidine groups is 1. The van der Waals surface area contributed by atoms with Crippen LogP contribution in [0.1, 0.15) is 57.1 Å². The number of aliphatic imine (C=N–C) groups is 1. The predicted molar refractivity (Wildman–Crippen MR) is 119 cm³/mol. The van der Waals surface area contributed by atoms with Gasteiger partial charge in [0, 0.05) is 32.7 Å². The zero-order valence-electron chi connectivity index (χ0n) is 16.5. The summed E-state index contributed by atoms with van der Waals surface area (Å²) >= 11 is 0. The fourth-order valence-corrected chi connectivity index (χ4v) is 3.63. The van der Waals surface area contributed by atoms with Gasteiger partial charge in [-0.2, -0.15) is 5.10 Å². The summed E-state index contributed by atoms with van der Waals surface area (Å²) in [4.78, 5) is 9.32. The van der Waals surface area contributed by atoms with Crippen LogP contribution in [0.25, 0.3) is 0 Å². The maximum Gasteiger partial charge on any atom is 0.191 e. The van der Waals surface area contributed by atoms with Crippen molar-refractivity contribution in [2.24, 2.45) is 4.99 Å². The lowest BCUT2D eigenvalue weighted by Crippen LogP contribution is -2.47. The molecule has 0 fully saturated rings. The van der Waals surface area contributed by atoms with Crippen LogP contribution < -0.4 is 10.6 Å². The van der Waals surface area contributed by atoms with E-state index in [0.29, 0.717) is 12.6 Å². The fourth-order valence-electron chi connectivity index (χ4n) is 3.63. The zero-order valence-corrected chi connectivity index (χ0v) is 18.9. The summed E-state index contributed by atoms with van der Waals surface area (Å²) < 4.78 is 7.14. The standard InChI is InChI=1S/C19H32N6O.HI/c1-3-20-19(21-12-11-15-7-5-4-6-8-15)22-16-9-10-18-23-17(14-26-2)24-25(18)13-16;/h7,16H,3-6,8-14H2,1-2H3,(H2,20,21,22);1H. The molecule has 8 heteroatoms. The Hall–Kier alpha value is -1.16. The summed E-state index contributed by atoms with van der Waals surface area (Å²) in [5.74, 6) is 2.74. The van der Waals surface area contributed by atoms with Crippen LogP contribution in [0, 0.1) is 0 Å². The normalized spacial score (nSPS) is 19.7. The van der Waals surface area contributed by atoms with Crippen molar-refractivity contribution in [3.8, 4) is 0 Å². The molecule has 1 aromatic heterocycles. The van der Waals surface area contributed by atoms with Crippen LogP contribution in [0.4, 0.5) is 0 Å². The van der Waals surface area contributed by atoms with E-state index in [2.05, 4.69) is 33.7 Å². The highest BCUT2D eigenvalue weighted by molar-refractivity contribution is 14.0. The molecule has 1 aliphatic heterocycles. The molecule has 3 rings (SSSR count). The number of aromatic nitrogens is 3. The van der Waals surface area contributed by atoms with Crippen LogP contribution in [-0.4, -0.2) is 47.0 Å². The monoisotopic (exact) mass is 488 g/mol. The Balaban J connectivity index is 0.00000261. The van der Waals surface area contributed by atoms with E-state index in [9.17, 15) is 0 Å². The van der Waals surface area contributed by atoms with Crippen LogP contribution in [0.5, 0.6) is 0 Å². The van der Waals surface area contributed by atoms with E-state index in [0.717, 1.165) is 56.5 Å². The van der Waals surface area contributed by atoms with Crippen molar-refractivity contribution in [1.29, 1.82) is 0 Å². The molecule has 7 nitrogen and oxygen atoms in total. The number of hydrogen-bond acceptors (Lipinski definition) is 4. The number of methoxy groups -OCH3 is 1. The second-order valence-corrected chi connectivity index (χ2v) is 7.06. The van der Waals surface area contributed by atoms with Gasteiger partial charge in [-0.1, -0.05) is 11.6 Å². The number of hydrogen-bond donors (Lipinski definition) is 2. The summed E-state index contributed by atoms with van der Waals surface area (Å²) in [6.45, 7) is 5.11. The average molecular weight is 488 g/mol. The van der Waals surface area contributed by atoms with E-state index < -0.39 is 0 Å². The number of fused-ring (bicyclic) bond motifs is 1. The molecule has 2 aliphatic rings. The Morgan fingerprint density at radius 1 is 1.37 bits per heavy atom. The second-order valence-electron chi connectivity index (χ2n) is 7.06. The molecular weight excluding hydrogens is 455 g/mol. The highest BCUT2D eigenvalue weighted by atomic mass is 127. The molecule has 0 amide bonds. The van der Waals surface area contributed by atoms with Crippen LogP contribution in [-0.2, 0) is 24.3 Å². The van der Waals surface area contributed by atoms with Crippen molar-refractivity contribution in [2.45, 2.75) is 71.1 Å². The van der Waals surface area contributed by atoms with Crippen molar-refractivity contribution in [2.75, 3.05) is 20.2 Å². The Morgan fingerprint density at radius 2 is 2.26 bits per heavy atom. The lowest BCUT2D eigenvalue weighted by Gasteiger charge is -2.25. The average Bonchev–Trinajstić information content (AvgIpc) is 3.05. The minimum atomic E-state index is 0. The van der Waals surface area contributed by atoms with Crippen LogP contribution in [0.15, 0.2) is 16.6 Å². The largest absolute Gasteiger partial charge is 0.377 e. The van der Waals surface area contributed by atoms with Crippen molar-refractivity contribution < 1.29 is 4.74 Å². The molecule has 0 saturated heterocycles. The third-order valence-corrected chi connectivity index (χ3v) is 4.95. The van der Waals surface area contributed by atoms with E-state index in [1.165, 1.54) is 25.7 Å². The number of halogens is 1.